The highest BCUT2D eigenvalue weighted by atomic mass is 32.2. The number of halogens is 1. The molecule has 0 saturated carbocycles. The number of aryl methyl sites for hydroxylation is 1. The number of amides is 1. The summed E-state index contributed by atoms with van der Waals surface area (Å²) in [4.78, 5) is 12.6. The van der Waals surface area contributed by atoms with Crippen LogP contribution >= 0.6 is 0 Å². The Kier molecular flexibility index (Phi) is 6.91. The Hall–Kier alpha value is -3.39. The molecule has 1 unspecified atom stereocenters. The van der Waals surface area contributed by atoms with Crippen molar-refractivity contribution in [2.45, 2.75) is 31.3 Å². The molecular weight excluding hydrogens is 419 g/mol. The molecular formula is C23H23FN2O4S. The maximum Gasteiger partial charge on any atom is 0.265 e. The van der Waals surface area contributed by atoms with Crippen molar-refractivity contribution in [1.29, 1.82) is 0 Å². The first-order valence-electron chi connectivity index (χ1n) is 9.69. The number of hydrogen-bond donors (Lipinski definition) is 2. The van der Waals surface area contributed by atoms with Gasteiger partial charge in [-0.3, -0.25) is 9.52 Å². The zero-order valence-corrected chi connectivity index (χ0v) is 17.9. The largest absolute Gasteiger partial charge is 0.481 e. The highest BCUT2D eigenvalue weighted by molar-refractivity contribution is 7.92. The summed E-state index contributed by atoms with van der Waals surface area (Å²) in [7, 11) is -3.76. The van der Waals surface area contributed by atoms with Gasteiger partial charge in [0.1, 0.15) is 11.6 Å². The molecule has 3 rings (SSSR count). The fourth-order valence-corrected chi connectivity index (χ4v) is 3.91. The first-order chi connectivity index (χ1) is 14.8. The van der Waals surface area contributed by atoms with E-state index in [1.54, 1.807) is 25.1 Å². The third kappa shape index (κ3) is 6.05. The summed E-state index contributed by atoms with van der Waals surface area (Å²) in [6, 6.07) is 18.3. The second-order valence-electron chi connectivity index (χ2n) is 6.96. The smallest absolute Gasteiger partial charge is 0.265 e. The van der Waals surface area contributed by atoms with Crippen molar-refractivity contribution in [3.63, 3.8) is 0 Å². The van der Waals surface area contributed by atoms with Crippen molar-refractivity contribution in [3.8, 4) is 5.75 Å². The molecule has 3 aromatic rings. The zero-order valence-electron chi connectivity index (χ0n) is 17.1. The summed E-state index contributed by atoms with van der Waals surface area (Å²) in [5, 5.41) is 2.71. The molecule has 8 heteroatoms. The molecule has 0 spiro atoms. The van der Waals surface area contributed by atoms with Crippen molar-refractivity contribution >= 4 is 27.3 Å². The van der Waals surface area contributed by atoms with Crippen molar-refractivity contribution in [2.24, 2.45) is 0 Å². The maximum atomic E-state index is 13.0. The molecule has 0 aliphatic rings. The van der Waals surface area contributed by atoms with Gasteiger partial charge < -0.3 is 10.1 Å². The third-order valence-electron chi connectivity index (χ3n) is 4.46. The molecule has 1 atom stereocenters. The fourth-order valence-electron chi connectivity index (χ4n) is 2.86. The Morgan fingerprint density at radius 2 is 1.68 bits per heavy atom. The summed E-state index contributed by atoms with van der Waals surface area (Å²) in [6.45, 7) is 3.67. The molecule has 0 bridgehead atoms. The number of sulfonamides is 1. The van der Waals surface area contributed by atoms with Crippen LogP contribution in [0.15, 0.2) is 77.7 Å². The van der Waals surface area contributed by atoms with Gasteiger partial charge in [0.2, 0.25) is 0 Å². The van der Waals surface area contributed by atoms with E-state index in [4.69, 9.17) is 4.74 Å². The van der Waals surface area contributed by atoms with Crippen LogP contribution in [-0.2, 0) is 14.8 Å². The number of carbonyl (C=O) groups is 1. The van der Waals surface area contributed by atoms with Gasteiger partial charge in [0.15, 0.2) is 6.10 Å². The van der Waals surface area contributed by atoms with Gasteiger partial charge in [-0.1, -0.05) is 19.1 Å². The molecule has 0 saturated heterocycles. The van der Waals surface area contributed by atoms with E-state index < -0.39 is 21.9 Å². The van der Waals surface area contributed by atoms with Gasteiger partial charge in [0, 0.05) is 11.4 Å². The van der Waals surface area contributed by atoms with E-state index >= 15 is 0 Å². The van der Waals surface area contributed by atoms with Crippen LogP contribution in [0.4, 0.5) is 15.8 Å². The van der Waals surface area contributed by atoms with Crippen LogP contribution in [0.5, 0.6) is 5.75 Å². The lowest BCUT2D eigenvalue weighted by Crippen LogP contribution is -2.32. The van der Waals surface area contributed by atoms with Crippen LogP contribution in [0.3, 0.4) is 0 Å². The lowest BCUT2D eigenvalue weighted by molar-refractivity contribution is -0.122. The number of ether oxygens (including phenoxy) is 1. The minimum absolute atomic E-state index is 0.0709. The van der Waals surface area contributed by atoms with Gasteiger partial charge in [0.25, 0.3) is 15.9 Å². The molecule has 0 fully saturated rings. The molecule has 162 valence electrons. The number of nitrogens with one attached hydrogen (secondary N) is 2. The molecule has 6 nitrogen and oxygen atoms in total. The van der Waals surface area contributed by atoms with Crippen molar-refractivity contribution in [1.82, 2.24) is 0 Å². The second kappa shape index (κ2) is 9.61. The van der Waals surface area contributed by atoms with E-state index in [9.17, 15) is 17.6 Å². The van der Waals surface area contributed by atoms with E-state index in [0.717, 1.165) is 5.56 Å². The predicted octanol–water partition coefficient (Wildman–Crippen LogP) is 4.73. The quantitative estimate of drug-likeness (QED) is 0.528. The fraction of sp³-hybridized carbons (Fsp3) is 0.174. The van der Waals surface area contributed by atoms with Gasteiger partial charge >= 0.3 is 0 Å². The molecule has 0 radical (unpaired) electrons. The van der Waals surface area contributed by atoms with Gasteiger partial charge in [-0.15, -0.1) is 0 Å². The molecule has 31 heavy (non-hydrogen) atoms. The topological polar surface area (TPSA) is 84.5 Å². The molecule has 0 aromatic heterocycles. The molecule has 0 aliphatic heterocycles. The summed E-state index contributed by atoms with van der Waals surface area (Å²) < 4.78 is 46.3. The molecule has 0 aliphatic carbocycles. The van der Waals surface area contributed by atoms with Gasteiger partial charge in [-0.05, 0) is 79.6 Å². The average molecular weight is 443 g/mol. The number of hydrogen-bond acceptors (Lipinski definition) is 4. The molecule has 2 N–H and O–H groups in total. The highest BCUT2D eigenvalue weighted by Gasteiger charge is 2.19. The number of carbonyl (C=O) groups excluding carboxylic acids is 1. The lowest BCUT2D eigenvalue weighted by atomic mass is 10.2. The lowest BCUT2D eigenvalue weighted by Gasteiger charge is -2.17. The third-order valence-corrected chi connectivity index (χ3v) is 5.85. The Labute approximate surface area is 181 Å². The standard InChI is InChI=1S/C23H23FN2O4S/c1-3-22(30-20-11-7-17(24)8-12-20)23(27)25-18-9-13-21(14-10-18)31(28,29)26-19-6-4-5-16(2)15-19/h4-15,22,26H,3H2,1-2H3,(H,25,27). The Morgan fingerprint density at radius 3 is 2.29 bits per heavy atom. The van der Waals surface area contributed by atoms with Gasteiger partial charge in [-0.25, -0.2) is 12.8 Å². The number of anilines is 2. The molecule has 0 heterocycles. The minimum atomic E-state index is -3.76. The monoisotopic (exact) mass is 442 g/mol. The Morgan fingerprint density at radius 1 is 1.00 bits per heavy atom. The first-order valence-corrected chi connectivity index (χ1v) is 11.2. The van der Waals surface area contributed by atoms with Crippen LogP contribution in [0.2, 0.25) is 0 Å². The maximum absolute atomic E-state index is 13.0. The summed E-state index contributed by atoms with van der Waals surface area (Å²) in [6.07, 6.45) is -0.382. The highest BCUT2D eigenvalue weighted by Crippen LogP contribution is 2.20. The van der Waals surface area contributed by atoms with Crippen LogP contribution < -0.4 is 14.8 Å². The zero-order chi connectivity index (χ0) is 22.4. The van der Waals surface area contributed by atoms with Crippen LogP contribution in [0, 0.1) is 12.7 Å². The summed E-state index contributed by atoms with van der Waals surface area (Å²) in [5.74, 6) is -0.399. The van der Waals surface area contributed by atoms with Gasteiger partial charge in [0.05, 0.1) is 4.90 Å². The van der Waals surface area contributed by atoms with Crippen LogP contribution in [0.25, 0.3) is 0 Å². The van der Waals surface area contributed by atoms with Crippen molar-refractivity contribution in [2.75, 3.05) is 10.0 Å². The van der Waals surface area contributed by atoms with E-state index in [2.05, 4.69) is 10.0 Å². The van der Waals surface area contributed by atoms with E-state index in [-0.39, 0.29) is 10.8 Å². The SMILES string of the molecule is CCC(Oc1ccc(F)cc1)C(=O)Nc1ccc(S(=O)(=O)Nc2cccc(C)c2)cc1. The van der Waals surface area contributed by atoms with E-state index in [1.165, 1.54) is 48.5 Å². The Balaban J connectivity index is 1.66. The molecule has 3 aromatic carbocycles. The second-order valence-corrected chi connectivity index (χ2v) is 8.64. The molecule has 1 amide bonds. The van der Waals surface area contributed by atoms with E-state index in [0.29, 0.717) is 23.5 Å². The van der Waals surface area contributed by atoms with Crippen molar-refractivity contribution in [3.05, 3.63) is 84.2 Å². The number of benzene rings is 3. The first kappa shape index (κ1) is 22.3. The van der Waals surface area contributed by atoms with E-state index in [1.807, 2.05) is 13.0 Å². The average Bonchev–Trinajstić information content (AvgIpc) is 2.73. The summed E-state index contributed by atoms with van der Waals surface area (Å²) in [5.41, 5.74) is 1.84. The van der Waals surface area contributed by atoms with Crippen LogP contribution in [-0.4, -0.2) is 20.4 Å². The Bertz CT molecular complexity index is 1150. The predicted molar refractivity (Wildman–Crippen MR) is 118 cm³/mol. The number of rotatable bonds is 8. The minimum Gasteiger partial charge on any atom is -0.481 e. The van der Waals surface area contributed by atoms with Gasteiger partial charge in [-0.2, -0.15) is 0 Å². The van der Waals surface area contributed by atoms with Crippen molar-refractivity contribution < 1.29 is 22.3 Å². The normalized spacial score (nSPS) is 12.1. The summed E-state index contributed by atoms with van der Waals surface area (Å²) >= 11 is 0. The van der Waals surface area contributed by atoms with Crippen LogP contribution in [0.1, 0.15) is 18.9 Å².